The third-order valence-electron chi connectivity index (χ3n) is 2.73. The minimum absolute atomic E-state index is 0.0103. The van der Waals surface area contributed by atoms with Gasteiger partial charge in [-0.2, -0.15) is 0 Å². The summed E-state index contributed by atoms with van der Waals surface area (Å²) in [7, 11) is 0. The Kier molecular flexibility index (Phi) is 3.38. The number of benzene rings is 1. The third-order valence-corrected chi connectivity index (χ3v) is 3.53. The van der Waals surface area contributed by atoms with Gasteiger partial charge in [0.2, 0.25) is 5.91 Å². The molecule has 6 heteroatoms. The highest BCUT2D eigenvalue weighted by Gasteiger charge is 2.40. The summed E-state index contributed by atoms with van der Waals surface area (Å²) < 4.78 is 0.824. The first-order valence-corrected chi connectivity index (χ1v) is 6.56. The van der Waals surface area contributed by atoms with E-state index in [1.165, 1.54) is 4.90 Å². The summed E-state index contributed by atoms with van der Waals surface area (Å²) in [5.41, 5.74) is -0.362. The number of halogens is 2. The lowest BCUT2D eigenvalue weighted by atomic mass is 10.00. The van der Waals surface area contributed by atoms with Gasteiger partial charge in [-0.15, -0.1) is 0 Å². The molecular formula is C12H12BrClN2O2. The van der Waals surface area contributed by atoms with Crippen LogP contribution in [0.2, 0.25) is 5.02 Å². The maximum atomic E-state index is 12.3. The number of hydrogen-bond acceptors (Lipinski definition) is 2. The monoisotopic (exact) mass is 330 g/mol. The zero-order valence-electron chi connectivity index (χ0n) is 9.96. The van der Waals surface area contributed by atoms with Crippen molar-refractivity contribution in [3.8, 4) is 0 Å². The molecule has 2 amide bonds. The van der Waals surface area contributed by atoms with Gasteiger partial charge in [-0.3, -0.25) is 14.5 Å². The van der Waals surface area contributed by atoms with Gasteiger partial charge < -0.3 is 5.32 Å². The van der Waals surface area contributed by atoms with Crippen LogP contribution < -0.4 is 10.2 Å². The summed E-state index contributed by atoms with van der Waals surface area (Å²) in [6, 6.07) is 5.21. The van der Waals surface area contributed by atoms with Gasteiger partial charge in [-0.05, 0) is 32.0 Å². The molecule has 1 heterocycles. The van der Waals surface area contributed by atoms with Crippen LogP contribution in [-0.4, -0.2) is 23.9 Å². The Morgan fingerprint density at radius 1 is 1.39 bits per heavy atom. The van der Waals surface area contributed by atoms with Gasteiger partial charge in [0, 0.05) is 4.47 Å². The molecule has 1 aliphatic rings. The highest BCUT2D eigenvalue weighted by atomic mass is 79.9. The molecule has 96 valence electrons. The first-order valence-electron chi connectivity index (χ1n) is 5.39. The first-order chi connectivity index (χ1) is 8.31. The van der Waals surface area contributed by atoms with Crippen LogP contribution in [0.25, 0.3) is 0 Å². The summed E-state index contributed by atoms with van der Waals surface area (Å²) in [5.74, 6) is -0.370. The zero-order chi connectivity index (χ0) is 13.5. The standard InChI is InChI=1S/C12H12BrClN2O2/c1-12(2)11(18)16(6-10(17)15-12)9-4-3-7(13)5-8(9)14/h3-5H,6H2,1-2H3,(H,15,17). The van der Waals surface area contributed by atoms with Gasteiger partial charge in [0.1, 0.15) is 12.1 Å². The van der Waals surface area contributed by atoms with E-state index in [1.54, 1.807) is 32.0 Å². The molecule has 0 aromatic heterocycles. The largest absolute Gasteiger partial charge is 0.341 e. The van der Waals surface area contributed by atoms with Crippen LogP contribution in [0.1, 0.15) is 13.8 Å². The molecule has 0 spiro atoms. The molecule has 0 radical (unpaired) electrons. The van der Waals surface area contributed by atoms with Crippen LogP contribution >= 0.6 is 27.5 Å². The number of amides is 2. The van der Waals surface area contributed by atoms with Crippen LogP contribution in [-0.2, 0) is 9.59 Å². The summed E-state index contributed by atoms with van der Waals surface area (Å²) in [6.45, 7) is 3.34. The maximum absolute atomic E-state index is 12.3. The fourth-order valence-corrected chi connectivity index (χ4v) is 2.66. The van der Waals surface area contributed by atoms with Crippen LogP contribution in [0.4, 0.5) is 5.69 Å². The van der Waals surface area contributed by atoms with E-state index in [0.717, 1.165) is 4.47 Å². The fourth-order valence-electron chi connectivity index (χ4n) is 1.89. The SMILES string of the molecule is CC1(C)NC(=O)CN(c2ccc(Br)cc2Cl)C1=O. The molecule has 2 rings (SSSR count). The molecule has 1 aromatic rings. The zero-order valence-corrected chi connectivity index (χ0v) is 12.3. The second-order valence-corrected chi connectivity index (χ2v) is 5.98. The Balaban J connectivity index is 2.43. The summed E-state index contributed by atoms with van der Waals surface area (Å²) in [4.78, 5) is 25.3. The van der Waals surface area contributed by atoms with Crippen molar-refractivity contribution in [2.24, 2.45) is 0 Å². The molecule has 1 fully saturated rings. The molecular weight excluding hydrogens is 320 g/mol. The Hall–Kier alpha value is -1.07. The van der Waals surface area contributed by atoms with E-state index in [0.29, 0.717) is 10.7 Å². The maximum Gasteiger partial charge on any atom is 0.252 e. The predicted octanol–water partition coefficient (Wildman–Crippen LogP) is 2.34. The quantitative estimate of drug-likeness (QED) is 0.859. The molecule has 0 aliphatic carbocycles. The van der Waals surface area contributed by atoms with Crippen molar-refractivity contribution in [3.05, 3.63) is 27.7 Å². The molecule has 0 atom stereocenters. The lowest BCUT2D eigenvalue weighted by molar-refractivity contribution is -0.134. The second-order valence-electron chi connectivity index (χ2n) is 4.66. The highest BCUT2D eigenvalue weighted by molar-refractivity contribution is 9.10. The molecule has 0 unspecified atom stereocenters. The Morgan fingerprint density at radius 3 is 2.67 bits per heavy atom. The summed E-state index contributed by atoms with van der Waals surface area (Å²) >= 11 is 9.42. The van der Waals surface area contributed by atoms with Gasteiger partial charge in [0.05, 0.1) is 10.7 Å². The Bertz CT molecular complexity index is 531. The number of nitrogens with zero attached hydrogens (tertiary/aromatic N) is 1. The van der Waals surface area contributed by atoms with Crippen molar-refractivity contribution in [1.82, 2.24) is 5.32 Å². The van der Waals surface area contributed by atoms with Gasteiger partial charge in [0.25, 0.3) is 5.91 Å². The number of hydrogen-bond donors (Lipinski definition) is 1. The van der Waals surface area contributed by atoms with Crippen molar-refractivity contribution in [3.63, 3.8) is 0 Å². The van der Waals surface area contributed by atoms with Crippen molar-refractivity contribution < 1.29 is 9.59 Å². The molecule has 1 N–H and O–H groups in total. The van der Waals surface area contributed by atoms with E-state index >= 15 is 0 Å². The molecule has 4 nitrogen and oxygen atoms in total. The molecule has 1 aliphatic heterocycles. The van der Waals surface area contributed by atoms with Crippen LogP contribution in [0.3, 0.4) is 0 Å². The van der Waals surface area contributed by atoms with Crippen molar-refractivity contribution in [1.29, 1.82) is 0 Å². The van der Waals surface area contributed by atoms with E-state index in [2.05, 4.69) is 21.2 Å². The molecule has 0 bridgehead atoms. The molecule has 0 saturated carbocycles. The van der Waals surface area contributed by atoms with Crippen LogP contribution in [0, 0.1) is 0 Å². The summed E-state index contributed by atoms with van der Waals surface area (Å²) in [5, 5.41) is 3.09. The average Bonchev–Trinajstić information content (AvgIpc) is 2.23. The van der Waals surface area contributed by atoms with Gasteiger partial charge in [-0.1, -0.05) is 27.5 Å². The van der Waals surface area contributed by atoms with E-state index in [-0.39, 0.29) is 18.4 Å². The number of piperazine rings is 1. The minimum atomic E-state index is -0.911. The fraction of sp³-hybridized carbons (Fsp3) is 0.333. The average molecular weight is 332 g/mol. The van der Waals surface area contributed by atoms with E-state index in [1.807, 2.05) is 0 Å². The first kappa shape index (κ1) is 13.4. The lowest BCUT2D eigenvalue weighted by Crippen LogP contribution is -2.64. The Labute approximate surface area is 118 Å². The third kappa shape index (κ3) is 2.37. The van der Waals surface area contributed by atoms with Crippen molar-refractivity contribution >= 4 is 45.0 Å². The Morgan fingerprint density at radius 2 is 2.06 bits per heavy atom. The van der Waals surface area contributed by atoms with Crippen LogP contribution in [0.15, 0.2) is 22.7 Å². The van der Waals surface area contributed by atoms with Crippen molar-refractivity contribution in [2.45, 2.75) is 19.4 Å². The van der Waals surface area contributed by atoms with Gasteiger partial charge in [0.15, 0.2) is 0 Å². The lowest BCUT2D eigenvalue weighted by Gasteiger charge is -2.37. The normalized spacial score (nSPS) is 18.8. The smallest absolute Gasteiger partial charge is 0.252 e. The van der Waals surface area contributed by atoms with Gasteiger partial charge in [-0.25, -0.2) is 0 Å². The number of carbonyl (C=O) groups is 2. The topological polar surface area (TPSA) is 49.4 Å². The van der Waals surface area contributed by atoms with Crippen LogP contribution in [0.5, 0.6) is 0 Å². The summed E-state index contributed by atoms with van der Waals surface area (Å²) in [6.07, 6.45) is 0. The number of rotatable bonds is 1. The highest BCUT2D eigenvalue weighted by Crippen LogP contribution is 2.31. The van der Waals surface area contributed by atoms with E-state index in [9.17, 15) is 9.59 Å². The van der Waals surface area contributed by atoms with E-state index < -0.39 is 5.54 Å². The molecule has 1 saturated heterocycles. The van der Waals surface area contributed by atoms with Crippen molar-refractivity contribution in [2.75, 3.05) is 11.4 Å². The number of carbonyl (C=O) groups excluding carboxylic acids is 2. The molecule has 1 aromatic carbocycles. The number of nitrogens with one attached hydrogen (secondary N) is 1. The second kappa shape index (κ2) is 4.55. The predicted molar refractivity (Wildman–Crippen MR) is 73.7 cm³/mol. The van der Waals surface area contributed by atoms with E-state index in [4.69, 9.17) is 11.6 Å². The van der Waals surface area contributed by atoms with Gasteiger partial charge >= 0.3 is 0 Å². The molecule has 18 heavy (non-hydrogen) atoms. The number of anilines is 1. The minimum Gasteiger partial charge on any atom is -0.341 e.